The summed E-state index contributed by atoms with van der Waals surface area (Å²) >= 11 is 0. The number of hydrogen-bond acceptors (Lipinski definition) is 10. The van der Waals surface area contributed by atoms with Gasteiger partial charge in [-0.1, -0.05) is 52.5 Å². The van der Waals surface area contributed by atoms with E-state index in [2.05, 4.69) is 24.3 Å². The van der Waals surface area contributed by atoms with Crippen LogP contribution in [0.15, 0.2) is 72.8 Å². The van der Waals surface area contributed by atoms with E-state index in [4.69, 9.17) is 31.4 Å². The molecule has 0 heterocycles. The first-order valence-corrected chi connectivity index (χ1v) is 19.3. The predicted octanol–water partition coefficient (Wildman–Crippen LogP) is 8.01. The van der Waals surface area contributed by atoms with Gasteiger partial charge in [0.25, 0.3) is 0 Å². The maximum absolute atomic E-state index is 11.2. The van der Waals surface area contributed by atoms with E-state index < -0.39 is 0 Å². The fraction of sp³-hybridized carbons (Fsp3) is 0.404. The Hall–Kier alpha value is -0.744. The molecule has 1 aliphatic rings. The molecular formula is C47H61N3O7Y4-4. The number of ether oxygens (including phenoxy) is 3. The van der Waals surface area contributed by atoms with Crippen LogP contribution in [0.3, 0.4) is 0 Å². The standard InChI is InChI=1S/3C12H16NO2.C8H7O.C3H6.4Y/c3*1-3-15-12(14)8-11(13)10-6-4-5-9(2)7-10;1-7-3-2-4-8(5-7)6-9;1-2-3-1;;;;/h3*5-7,11H,3,8,13H2,1-2H3;3-6H,1H3;1-3H2;;;;/q4*-1;;;;;/t2*11-;;;;;;;/m10......./s1. The van der Waals surface area contributed by atoms with Crippen molar-refractivity contribution in [2.75, 3.05) is 19.8 Å². The van der Waals surface area contributed by atoms with Crippen LogP contribution < -0.4 is 17.2 Å². The third-order valence-corrected chi connectivity index (χ3v) is 7.67. The van der Waals surface area contributed by atoms with Crippen LogP contribution in [-0.4, -0.2) is 44.0 Å². The first-order valence-electron chi connectivity index (χ1n) is 19.3. The van der Waals surface area contributed by atoms with Crippen molar-refractivity contribution in [2.24, 2.45) is 17.2 Å². The molecule has 1 saturated carbocycles. The minimum Gasteiger partial charge on any atom is -0.466 e. The molecule has 322 valence electrons. The van der Waals surface area contributed by atoms with Crippen LogP contribution in [0.25, 0.3) is 0 Å². The van der Waals surface area contributed by atoms with Crippen LogP contribution in [0.1, 0.15) is 127 Å². The van der Waals surface area contributed by atoms with Crippen molar-refractivity contribution in [3.63, 3.8) is 0 Å². The zero-order chi connectivity index (χ0) is 42.6. The van der Waals surface area contributed by atoms with Gasteiger partial charge in [-0.25, -0.2) is 0 Å². The Morgan fingerprint density at radius 1 is 0.508 bits per heavy atom. The molecule has 0 amide bonds. The zero-order valence-electron chi connectivity index (χ0n) is 37.0. The van der Waals surface area contributed by atoms with E-state index >= 15 is 0 Å². The second kappa shape index (κ2) is 40.7. The van der Waals surface area contributed by atoms with Gasteiger partial charge in [0.2, 0.25) is 0 Å². The normalized spacial score (nSPS) is 11.5. The van der Waals surface area contributed by atoms with Crippen molar-refractivity contribution in [1.82, 2.24) is 0 Å². The SMILES string of the molecule is C1CC1.CCOC(=O)CC(N)c1c[c-]cc(C)c1.CCOC(=O)C[C@@H](N)c1c[c-]cc(C)c1.CCOC(=O)C[C@H](N)c1c[c-]cc(C)c1.Cc1c[c-]cc(C=O)c1.[Y].[Y].[Y].[Y]. The van der Waals surface area contributed by atoms with Gasteiger partial charge in [0.15, 0.2) is 0 Å². The molecule has 3 atom stereocenters. The van der Waals surface area contributed by atoms with Gasteiger partial charge in [0.05, 0.1) is 45.4 Å². The molecule has 0 aromatic heterocycles. The molecule has 4 aromatic rings. The largest absolute Gasteiger partial charge is 0.466 e. The van der Waals surface area contributed by atoms with Gasteiger partial charge in [-0.15, -0.1) is 16.7 Å². The minimum absolute atomic E-state index is 0. The number of carbonyl (C=O) groups excluding carboxylic acids is 4. The Bertz CT molecular complexity index is 1630. The molecule has 61 heavy (non-hydrogen) atoms. The number of hydrogen-bond donors (Lipinski definition) is 3. The van der Waals surface area contributed by atoms with Crippen molar-refractivity contribution in [1.29, 1.82) is 0 Å². The Labute approximate surface area is 466 Å². The summed E-state index contributed by atoms with van der Waals surface area (Å²) in [6.07, 6.45) is 5.96. The second-order valence-corrected chi connectivity index (χ2v) is 13.4. The maximum atomic E-state index is 11.2. The van der Waals surface area contributed by atoms with Crippen LogP contribution in [0.2, 0.25) is 0 Å². The van der Waals surface area contributed by atoms with Gasteiger partial charge in [0, 0.05) is 131 Å². The first-order chi connectivity index (χ1) is 27.2. The summed E-state index contributed by atoms with van der Waals surface area (Å²) in [4.78, 5) is 43.7. The summed E-state index contributed by atoms with van der Waals surface area (Å²) in [6.45, 7) is 14.4. The second-order valence-electron chi connectivity index (χ2n) is 13.4. The van der Waals surface area contributed by atoms with Crippen molar-refractivity contribution in [2.45, 2.75) is 105 Å². The molecule has 0 bridgehead atoms. The van der Waals surface area contributed by atoms with E-state index in [-0.39, 0.29) is 186 Å². The molecule has 10 nitrogen and oxygen atoms in total. The quantitative estimate of drug-likeness (QED) is 0.0515. The van der Waals surface area contributed by atoms with E-state index in [1.807, 2.05) is 76.2 Å². The fourth-order valence-corrected chi connectivity index (χ4v) is 4.72. The van der Waals surface area contributed by atoms with E-state index in [0.29, 0.717) is 25.4 Å². The number of carbonyl (C=O) groups is 4. The van der Waals surface area contributed by atoms with Crippen molar-refractivity contribution in [3.05, 3.63) is 142 Å². The number of esters is 3. The number of aldehydes is 1. The summed E-state index contributed by atoms with van der Waals surface area (Å²) in [7, 11) is 0. The van der Waals surface area contributed by atoms with Gasteiger partial charge < -0.3 is 36.2 Å². The van der Waals surface area contributed by atoms with Gasteiger partial charge in [-0.2, -0.15) is 119 Å². The summed E-state index contributed by atoms with van der Waals surface area (Å²) in [5.41, 5.74) is 25.4. The van der Waals surface area contributed by atoms with Crippen molar-refractivity contribution >= 4 is 24.2 Å². The van der Waals surface area contributed by atoms with Crippen LogP contribution in [0, 0.1) is 52.0 Å². The molecule has 1 aliphatic carbocycles. The summed E-state index contributed by atoms with van der Waals surface area (Å²) < 4.78 is 14.5. The smallest absolute Gasteiger partial charge is 0.306 e. The van der Waals surface area contributed by atoms with Crippen molar-refractivity contribution < 1.29 is 164 Å². The first kappa shape index (κ1) is 66.9. The molecule has 0 saturated heterocycles. The number of benzene rings is 4. The van der Waals surface area contributed by atoms with Gasteiger partial charge in [-0.3, -0.25) is 14.4 Å². The third-order valence-electron chi connectivity index (χ3n) is 7.67. The Kier molecular flexibility index (Phi) is 44.7. The molecule has 1 fully saturated rings. The molecule has 4 aromatic carbocycles. The molecule has 6 N–H and O–H groups in total. The maximum Gasteiger partial charge on any atom is 0.306 e. The van der Waals surface area contributed by atoms with Gasteiger partial charge in [-0.05, 0) is 38.9 Å². The molecule has 0 spiro atoms. The minimum atomic E-state index is -0.305. The van der Waals surface area contributed by atoms with Gasteiger partial charge in [0.1, 0.15) is 0 Å². The zero-order valence-corrected chi connectivity index (χ0v) is 48.4. The Morgan fingerprint density at radius 3 is 0.967 bits per heavy atom. The van der Waals surface area contributed by atoms with Crippen LogP contribution in [0.4, 0.5) is 0 Å². The third kappa shape index (κ3) is 34.3. The number of nitrogens with two attached hydrogens (primary N) is 3. The van der Waals surface area contributed by atoms with E-state index in [9.17, 15) is 19.2 Å². The van der Waals surface area contributed by atoms with Crippen molar-refractivity contribution in [3.8, 4) is 0 Å². The average Bonchev–Trinajstić information content (AvgIpc) is 4.06. The van der Waals surface area contributed by atoms with E-state index in [1.54, 1.807) is 45.0 Å². The number of aryl methyl sites for hydroxylation is 4. The molecule has 0 aliphatic heterocycles. The monoisotopic (exact) mass is 1140 g/mol. The summed E-state index contributed by atoms with van der Waals surface area (Å²) in [5, 5.41) is 0. The predicted molar refractivity (Wildman–Crippen MR) is 224 cm³/mol. The Morgan fingerprint density at radius 2 is 0.770 bits per heavy atom. The van der Waals surface area contributed by atoms with Gasteiger partial charge >= 0.3 is 17.9 Å². The van der Waals surface area contributed by atoms with Crippen LogP contribution in [0.5, 0.6) is 0 Å². The fourth-order valence-electron chi connectivity index (χ4n) is 4.72. The topological polar surface area (TPSA) is 174 Å². The Balaban J connectivity index is -0.000000343. The number of rotatable bonds is 13. The molecular weight excluding hydrogens is 1070 g/mol. The van der Waals surface area contributed by atoms with E-state index in [0.717, 1.165) is 45.2 Å². The van der Waals surface area contributed by atoms with Crippen LogP contribution >= 0.6 is 0 Å². The molecule has 5 rings (SSSR count). The van der Waals surface area contributed by atoms with Crippen LogP contribution in [-0.2, 0) is 159 Å². The molecule has 4 radical (unpaired) electrons. The average molecular weight is 1140 g/mol. The summed E-state index contributed by atoms with van der Waals surface area (Å²) in [5.74, 6) is -0.774. The molecule has 14 heteroatoms. The summed E-state index contributed by atoms with van der Waals surface area (Å²) in [6, 6.07) is 33.1. The van der Waals surface area contributed by atoms with E-state index in [1.165, 1.54) is 19.3 Å². The molecule has 1 unspecified atom stereocenters.